The molecule has 1 amide bonds. The van der Waals surface area contributed by atoms with E-state index in [1.807, 2.05) is 19.1 Å². The van der Waals surface area contributed by atoms with Gasteiger partial charge in [-0.2, -0.15) is 0 Å². The normalized spacial score (nSPS) is 10.2. The summed E-state index contributed by atoms with van der Waals surface area (Å²) < 4.78 is 13.1. The van der Waals surface area contributed by atoms with Crippen molar-refractivity contribution in [1.82, 2.24) is 0 Å². The third-order valence-electron chi connectivity index (χ3n) is 3.13. The largest absolute Gasteiger partial charge is 0.385 e. The van der Waals surface area contributed by atoms with Crippen molar-refractivity contribution < 1.29 is 9.18 Å². The zero-order valence-electron chi connectivity index (χ0n) is 12.2. The van der Waals surface area contributed by atoms with E-state index in [-0.39, 0.29) is 11.7 Å². The maximum Gasteiger partial charge on any atom is 0.255 e. The number of hydrogen-bond donors (Lipinski definition) is 2. The van der Waals surface area contributed by atoms with Crippen LogP contribution in [0.4, 0.5) is 15.8 Å². The predicted molar refractivity (Wildman–Crippen MR) is 84.3 cm³/mol. The monoisotopic (exact) mass is 286 g/mol. The van der Waals surface area contributed by atoms with Crippen molar-refractivity contribution >= 4 is 17.3 Å². The summed E-state index contributed by atoms with van der Waals surface area (Å²) in [6.07, 6.45) is 1.04. The van der Waals surface area contributed by atoms with Crippen LogP contribution in [0.3, 0.4) is 0 Å². The van der Waals surface area contributed by atoms with Gasteiger partial charge in [-0.15, -0.1) is 0 Å². The van der Waals surface area contributed by atoms with Crippen molar-refractivity contribution in [2.75, 3.05) is 17.2 Å². The molecule has 0 unspecified atom stereocenters. The molecule has 0 saturated heterocycles. The molecule has 0 bridgehead atoms. The Balaban J connectivity index is 2.12. The van der Waals surface area contributed by atoms with Crippen molar-refractivity contribution in [2.45, 2.75) is 20.3 Å². The minimum Gasteiger partial charge on any atom is -0.385 e. The number of anilines is 2. The molecular weight excluding hydrogens is 267 g/mol. The van der Waals surface area contributed by atoms with E-state index in [2.05, 4.69) is 17.6 Å². The average Bonchev–Trinajstić information content (AvgIpc) is 2.45. The second-order valence-corrected chi connectivity index (χ2v) is 4.92. The molecule has 0 spiro atoms. The molecule has 0 aliphatic heterocycles. The third kappa shape index (κ3) is 4.05. The molecule has 0 heterocycles. The predicted octanol–water partition coefficient (Wildman–Crippen LogP) is 4.21. The lowest BCUT2D eigenvalue weighted by Crippen LogP contribution is -2.13. The Hall–Kier alpha value is -2.36. The summed E-state index contributed by atoms with van der Waals surface area (Å²) in [4.78, 5) is 12.2. The van der Waals surface area contributed by atoms with Gasteiger partial charge in [-0.1, -0.05) is 13.0 Å². The number of carbonyl (C=O) groups is 1. The number of rotatable bonds is 5. The van der Waals surface area contributed by atoms with Crippen LogP contribution < -0.4 is 10.6 Å². The van der Waals surface area contributed by atoms with Crippen LogP contribution in [-0.4, -0.2) is 12.5 Å². The molecule has 0 atom stereocenters. The summed E-state index contributed by atoms with van der Waals surface area (Å²) in [5.41, 5.74) is 2.91. The molecule has 2 aromatic carbocycles. The highest BCUT2D eigenvalue weighted by Crippen LogP contribution is 2.17. The summed E-state index contributed by atoms with van der Waals surface area (Å²) in [5.74, 6) is -0.608. The number of halogens is 1. The van der Waals surface area contributed by atoms with Gasteiger partial charge in [0.2, 0.25) is 0 Å². The van der Waals surface area contributed by atoms with Gasteiger partial charge in [-0.3, -0.25) is 4.79 Å². The highest BCUT2D eigenvalue weighted by molar-refractivity contribution is 6.05. The van der Waals surface area contributed by atoms with Gasteiger partial charge in [0.15, 0.2) is 0 Å². The van der Waals surface area contributed by atoms with Gasteiger partial charge in [0.1, 0.15) is 5.82 Å². The quantitative estimate of drug-likeness (QED) is 0.864. The lowest BCUT2D eigenvalue weighted by Gasteiger charge is -2.10. The van der Waals surface area contributed by atoms with Crippen LogP contribution in [0, 0.1) is 12.7 Å². The lowest BCUT2D eigenvalue weighted by molar-refractivity contribution is 0.102. The molecule has 2 N–H and O–H groups in total. The van der Waals surface area contributed by atoms with E-state index in [0.29, 0.717) is 11.3 Å². The van der Waals surface area contributed by atoms with Crippen LogP contribution in [-0.2, 0) is 0 Å². The van der Waals surface area contributed by atoms with Gasteiger partial charge in [-0.05, 0) is 55.3 Å². The summed E-state index contributed by atoms with van der Waals surface area (Å²) in [7, 11) is 0. The van der Waals surface area contributed by atoms with E-state index in [1.165, 1.54) is 12.1 Å². The van der Waals surface area contributed by atoms with Crippen molar-refractivity contribution in [3.05, 3.63) is 59.4 Å². The van der Waals surface area contributed by atoms with Gasteiger partial charge in [-0.25, -0.2) is 4.39 Å². The molecule has 4 heteroatoms. The van der Waals surface area contributed by atoms with Crippen molar-refractivity contribution in [1.29, 1.82) is 0 Å². The van der Waals surface area contributed by atoms with E-state index in [9.17, 15) is 9.18 Å². The van der Waals surface area contributed by atoms with Gasteiger partial charge in [0.05, 0.1) is 0 Å². The van der Waals surface area contributed by atoms with E-state index < -0.39 is 0 Å². The number of nitrogens with one attached hydrogen (secondary N) is 2. The van der Waals surface area contributed by atoms with Crippen LogP contribution in [0.5, 0.6) is 0 Å². The van der Waals surface area contributed by atoms with Crippen LogP contribution in [0.2, 0.25) is 0 Å². The number of benzene rings is 2. The Labute approximate surface area is 124 Å². The van der Waals surface area contributed by atoms with Gasteiger partial charge >= 0.3 is 0 Å². The molecule has 3 nitrogen and oxygen atoms in total. The molecular formula is C17H19FN2O. The fourth-order valence-electron chi connectivity index (χ4n) is 2.06. The first-order chi connectivity index (χ1) is 10.1. The van der Waals surface area contributed by atoms with Crippen LogP contribution in [0.25, 0.3) is 0 Å². The maximum absolute atomic E-state index is 13.1. The molecule has 0 aromatic heterocycles. The van der Waals surface area contributed by atoms with E-state index in [0.717, 1.165) is 24.2 Å². The molecule has 2 rings (SSSR count). The van der Waals surface area contributed by atoms with E-state index in [4.69, 9.17) is 0 Å². The maximum atomic E-state index is 13.1. The van der Waals surface area contributed by atoms with Crippen LogP contribution in [0.1, 0.15) is 29.3 Å². The Kier molecular flexibility index (Phi) is 4.93. The third-order valence-corrected chi connectivity index (χ3v) is 3.13. The lowest BCUT2D eigenvalue weighted by atomic mass is 10.1. The van der Waals surface area contributed by atoms with Gasteiger partial charge in [0, 0.05) is 23.5 Å². The summed E-state index contributed by atoms with van der Waals surface area (Å²) in [6, 6.07) is 11.5. The molecule has 110 valence electrons. The van der Waals surface area contributed by atoms with Crippen molar-refractivity contribution in [2.24, 2.45) is 0 Å². The van der Waals surface area contributed by atoms with Crippen molar-refractivity contribution in [3.63, 3.8) is 0 Å². The first-order valence-corrected chi connectivity index (χ1v) is 7.01. The van der Waals surface area contributed by atoms with Gasteiger partial charge in [0.25, 0.3) is 5.91 Å². The van der Waals surface area contributed by atoms with Crippen molar-refractivity contribution in [3.8, 4) is 0 Å². The zero-order valence-corrected chi connectivity index (χ0v) is 12.2. The van der Waals surface area contributed by atoms with Crippen LogP contribution >= 0.6 is 0 Å². The van der Waals surface area contributed by atoms with Crippen LogP contribution in [0.15, 0.2) is 42.5 Å². The second kappa shape index (κ2) is 6.88. The zero-order chi connectivity index (χ0) is 15.2. The second-order valence-electron chi connectivity index (χ2n) is 4.92. The minimum atomic E-state index is -0.372. The highest BCUT2D eigenvalue weighted by Gasteiger charge is 2.10. The molecule has 0 saturated carbocycles. The standard InChI is InChI=1S/C17H19FN2O/c1-3-9-19-14-7-8-16(12(2)10-14)17(21)20-15-6-4-5-13(18)11-15/h4-8,10-11,19H,3,9H2,1-2H3,(H,20,21). The molecule has 0 fully saturated rings. The average molecular weight is 286 g/mol. The molecule has 0 aliphatic carbocycles. The summed E-state index contributed by atoms with van der Waals surface area (Å²) >= 11 is 0. The fourth-order valence-corrected chi connectivity index (χ4v) is 2.06. The highest BCUT2D eigenvalue weighted by atomic mass is 19.1. The first kappa shape index (κ1) is 15.0. The summed E-state index contributed by atoms with van der Waals surface area (Å²) in [6.45, 7) is 4.88. The van der Waals surface area contributed by atoms with Gasteiger partial charge < -0.3 is 10.6 Å². The molecule has 0 radical (unpaired) electrons. The van der Waals surface area contributed by atoms with E-state index in [1.54, 1.807) is 18.2 Å². The van der Waals surface area contributed by atoms with E-state index >= 15 is 0 Å². The summed E-state index contributed by atoms with van der Waals surface area (Å²) in [5, 5.41) is 5.98. The number of amides is 1. The minimum absolute atomic E-state index is 0.236. The number of carbonyl (C=O) groups excluding carboxylic acids is 1. The Morgan fingerprint density at radius 2 is 1.95 bits per heavy atom. The Morgan fingerprint density at radius 3 is 2.62 bits per heavy atom. The molecule has 2 aromatic rings. The topological polar surface area (TPSA) is 41.1 Å². The molecule has 21 heavy (non-hydrogen) atoms. The fraction of sp³-hybridized carbons (Fsp3) is 0.235. The first-order valence-electron chi connectivity index (χ1n) is 7.01. The Bertz CT molecular complexity index is 640. The number of hydrogen-bond acceptors (Lipinski definition) is 2. The Morgan fingerprint density at radius 1 is 1.14 bits per heavy atom. The SMILES string of the molecule is CCCNc1ccc(C(=O)Nc2cccc(F)c2)c(C)c1. The molecule has 0 aliphatic rings. The number of aryl methyl sites for hydroxylation is 1. The smallest absolute Gasteiger partial charge is 0.255 e.